The van der Waals surface area contributed by atoms with Crippen LogP contribution in [-0.4, -0.2) is 22.2 Å². The first-order valence-corrected chi connectivity index (χ1v) is 7.51. The summed E-state index contributed by atoms with van der Waals surface area (Å²) >= 11 is 0. The van der Waals surface area contributed by atoms with Gasteiger partial charge in [0.25, 0.3) is 0 Å². The molecule has 0 saturated heterocycles. The number of hydrogen-bond donors (Lipinski definition) is 2. The van der Waals surface area contributed by atoms with Crippen molar-refractivity contribution in [2.24, 2.45) is 0 Å². The van der Waals surface area contributed by atoms with Crippen LogP contribution in [0.5, 0.6) is 0 Å². The fraction of sp³-hybridized carbons (Fsp3) is 0.333. The van der Waals surface area contributed by atoms with E-state index in [-0.39, 0.29) is 0 Å². The first-order valence-electron chi connectivity index (χ1n) is 7.51. The van der Waals surface area contributed by atoms with Crippen LogP contribution in [0.15, 0.2) is 60.7 Å². The number of nitrogens with one attached hydrogen (secondary N) is 1. The third-order valence-electron chi connectivity index (χ3n) is 3.70. The van der Waals surface area contributed by atoms with E-state index in [0.717, 1.165) is 13.1 Å². The lowest BCUT2D eigenvalue weighted by Gasteiger charge is -2.36. The maximum atomic E-state index is 11.4. The summed E-state index contributed by atoms with van der Waals surface area (Å²) in [5, 5.41) is 20.1. The van der Waals surface area contributed by atoms with Gasteiger partial charge in [-0.3, -0.25) is 4.90 Å². The van der Waals surface area contributed by atoms with Gasteiger partial charge in [-0.2, -0.15) is 0 Å². The minimum Gasteiger partial charge on any atom is -0.600 e. The molecule has 2 aromatic carbocycles. The number of nitrogens with zero attached hydrogens (tertiary/aromatic N) is 1. The normalized spacial score (nSPS) is 13.3. The number of hydroxylamine groups is 2. The number of rotatable bonds is 7. The molecule has 1 atom stereocenters. The van der Waals surface area contributed by atoms with Gasteiger partial charge in [-0.05, 0) is 25.0 Å². The minimum absolute atomic E-state index is 0.506. The second kappa shape index (κ2) is 7.51. The summed E-state index contributed by atoms with van der Waals surface area (Å²) in [6, 6.07) is 20.3. The van der Waals surface area contributed by atoms with Crippen LogP contribution in [0.3, 0.4) is 0 Å². The van der Waals surface area contributed by atoms with Crippen molar-refractivity contribution in [2.45, 2.75) is 32.5 Å². The predicted octanol–water partition coefficient (Wildman–Crippen LogP) is 2.24. The maximum absolute atomic E-state index is 11.4. The quantitative estimate of drug-likeness (QED) is 0.771. The third kappa shape index (κ3) is 4.93. The lowest BCUT2D eigenvalue weighted by molar-refractivity contribution is -1.08. The molecule has 2 aromatic rings. The zero-order valence-corrected chi connectivity index (χ0v) is 13.2. The van der Waals surface area contributed by atoms with Gasteiger partial charge in [-0.25, -0.2) is 10.4 Å². The van der Waals surface area contributed by atoms with Crippen molar-refractivity contribution in [3.05, 3.63) is 77.0 Å². The Morgan fingerprint density at radius 2 is 1.32 bits per heavy atom. The number of hydrogen-bond acceptors (Lipinski definition) is 3. The highest BCUT2D eigenvalue weighted by molar-refractivity contribution is 5.17. The lowest BCUT2D eigenvalue weighted by atomic mass is 10.0. The van der Waals surface area contributed by atoms with E-state index in [1.165, 1.54) is 11.1 Å². The molecule has 1 unspecified atom stereocenters. The summed E-state index contributed by atoms with van der Waals surface area (Å²) in [5.41, 5.74) is 1.61. The Labute approximate surface area is 132 Å². The van der Waals surface area contributed by atoms with Gasteiger partial charge in [0.1, 0.15) is 5.54 Å². The van der Waals surface area contributed by atoms with E-state index in [1.807, 2.05) is 36.4 Å². The topological polar surface area (TPSA) is 51.0 Å². The fourth-order valence-electron chi connectivity index (χ4n) is 2.48. The molecule has 0 fully saturated rings. The maximum Gasteiger partial charge on any atom is 0.134 e. The Morgan fingerprint density at radius 3 is 1.68 bits per heavy atom. The van der Waals surface area contributed by atoms with Gasteiger partial charge < -0.3 is 5.21 Å². The molecule has 0 bridgehead atoms. The largest absolute Gasteiger partial charge is 0.600 e. The molecule has 0 spiro atoms. The zero-order chi connectivity index (χ0) is 16.0. The van der Waals surface area contributed by atoms with Crippen molar-refractivity contribution in [3.63, 3.8) is 0 Å². The standard InChI is InChI=1S/C18H24N2O2/c1-18(2,20(21)22)15-19(13-16-9-5-3-6-10-16)14-17-11-7-4-8-12-17/h3-12,20-21H,13-15H2,1-2H3. The molecule has 2 rings (SSSR count). The molecular weight excluding hydrogens is 276 g/mol. The molecule has 0 aliphatic rings. The van der Waals surface area contributed by atoms with Gasteiger partial charge in [-0.15, -0.1) is 0 Å². The van der Waals surface area contributed by atoms with Crippen LogP contribution >= 0.6 is 0 Å². The molecule has 0 aromatic heterocycles. The van der Waals surface area contributed by atoms with Crippen LogP contribution in [0.25, 0.3) is 0 Å². The van der Waals surface area contributed by atoms with E-state index in [9.17, 15) is 10.4 Å². The molecule has 0 radical (unpaired) electrons. The van der Waals surface area contributed by atoms with Gasteiger partial charge in [0.2, 0.25) is 0 Å². The van der Waals surface area contributed by atoms with E-state index in [2.05, 4.69) is 29.2 Å². The van der Waals surface area contributed by atoms with Crippen molar-refractivity contribution >= 4 is 0 Å². The smallest absolute Gasteiger partial charge is 0.134 e. The van der Waals surface area contributed by atoms with E-state index >= 15 is 0 Å². The van der Waals surface area contributed by atoms with E-state index in [0.29, 0.717) is 6.54 Å². The summed E-state index contributed by atoms with van der Waals surface area (Å²) < 4.78 is 0. The fourth-order valence-corrected chi connectivity index (χ4v) is 2.48. The summed E-state index contributed by atoms with van der Waals surface area (Å²) in [7, 11) is 0. The van der Waals surface area contributed by atoms with E-state index < -0.39 is 10.8 Å². The second-order valence-corrected chi connectivity index (χ2v) is 6.31. The van der Waals surface area contributed by atoms with Gasteiger partial charge in [0, 0.05) is 13.1 Å². The van der Waals surface area contributed by atoms with Crippen LogP contribution in [0.1, 0.15) is 25.0 Å². The molecule has 2 N–H and O–H groups in total. The molecule has 0 aliphatic carbocycles. The highest BCUT2D eigenvalue weighted by Crippen LogP contribution is 2.13. The van der Waals surface area contributed by atoms with Crippen molar-refractivity contribution in [3.8, 4) is 0 Å². The van der Waals surface area contributed by atoms with E-state index in [4.69, 9.17) is 0 Å². The zero-order valence-electron chi connectivity index (χ0n) is 13.2. The SMILES string of the molecule is CC(C)(CN(Cc1ccccc1)Cc1ccccc1)[NH+]([O-])O. The number of benzene rings is 2. The van der Waals surface area contributed by atoms with Gasteiger partial charge in [-0.1, -0.05) is 60.7 Å². The Kier molecular flexibility index (Phi) is 5.69. The van der Waals surface area contributed by atoms with Gasteiger partial charge in [0.15, 0.2) is 0 Å². The summed E-state index contributed by atoms with van der Waals surface area (Å²) in [6.07, 6.45) is 0. The average molecular weight is 300 g/mol. The molecule has 22 heavy (non-hydrogen) atoms. The van der Waals surface area contributed by atoms with Crippen LogP contribution in [-0.2, 0) is 13.1 Å². The molecule has 0 saturated carbocycles. The molecule has 118 valence electrons. The van der Waals surface area contributed by atoms with Crippen LogP contribution in [0, 0.1) is 5.21 Å². The molecular formula is C18H24N2O2. The second-order valence-electron chi connectivity index (χ2n) is 6.31. The highest BCUT2D eigenvalue weighted by Gasteiger charge is 2.28. The molecule has 4 nitrogen and oxygen atoms in total. The van der Waals surface area contributed by atoms with Crippen molar-refractivity contribution in [1.29, 1.82) is 0 Å². The highest BCUT2D eigenvalue weighted by atomic mass is 16.8. The van der Waals surface area contributed by atoms with Crippen molar-refractivity contribution < 1.29 is 10.4 Å². The molecule has 0 aliphatic heterocycles. The first kappa shape index (κ1) is 16.6. The first-order chi connectivity index (χ1) is 10.5. The van der Waals surface area contributed by atoms with Crippen LogP contribution < -0.4 is 5.23 Å². The number of quaternary nitrogens is 1. The molecule has 0 heterocycles. The Hall–Kier alpha value is -1.72. The molecule has 0 amide bonds. The van der Waals surface area contributed by atoms with Crippen LogP contribution in [0.4, 0.5) is 0 Å². The Morgan fingerprint density at radius 1 is 0.909 bits per heavy atom. The van der Waals surface area contributed by atoms with Crippen molar-refractivity contribution in [1.82, 2.24) is 4.90 Å². The summed E-state index contributed by atoms with van der Waals surface area (Å²) in [6.45, 7) is 5.54. The average Bonchev–Trinajstić information content (AvgIpc) is 2.48. The summed E-state index contributed by atoms with van der Waals surface area (Å²) in [4.78, 5) is 2.19. The molecule has 4 heteroatoms. The third-order valence-corrected chi connectivity index (χ3v) is 3.70. The predicted molar refractivity (Wildman–Crippen MR) is 87.2 cm³/mol. The van der Waals surface area contributed by atoms with Crippen molar-refractivity contribution in [2.75, 3.05) is 6.54 Å². The lowest BCUT2D eigenvalue weighted by Crippen LogP contribution is -3.14. The minimum atomic E-state index is -0.774. The Bertz CT molecular complexity index is 514. The van der Waals surface area contributed by atoms with Gasteiger partial charge in [0.05, 0.1) is 6.54 Å². The van der Waals surface area contributed by atoms with Crippen LogP contribution in [0.2, 0.25) is 0 Å². The monoisotopic (exact) mass is 300 g/mol. The van der Waals surface area contributed by atoms with Gasteiger partial charge >= 0.3 is 0 Å². The summed E-state index contributed by atoms with van der Waals surface area (Å²) in [5.74, 6) is 0. The van der Waals surface area contributed by atoms with E-state index in [1.54, 1.807) is 13.8 Å². The Balaban J connectivity index is 2.13.